The molecule has 3 heteroatoms. The van der Waals surface area contributed by atoms with E-state index >= 15 is 0 Å². The Bertz CT molecular complexity index is 369. The molecule has 3 nitrogen and oxygen atoms in total. The molecule has 0 aromatic heterocycles. The molecule has 0 saturated heterocycles. The van der Waals surface area contributed by atoms with Gasteiger partial charge in [-0.2, -0.15) is 0 Å². The highest BCUT2D eigenvalue weighted by Gasteiger charge is 2.04. The zero-order valence-corrected chi connectivity index (χ0v) is 8.95. The normalized spacial score (nSPS) is 9.47. The number of esters is 1. The molecule has 0 aliphatic carbocycles. The van der Waals surface area contributed by atoms with Crippen LogP contribution >= 0.6 is 0 Å². The monoisotopic (exact) mass is 206 g/mol. The lowest BCUT2D eigenvalue weighted by atomic mass is 10.2. The van der Waals surface area contributed by atoms with Crippen molar-refractivity contribution in [2.45, 2.75) is 13.8 Å². The SMILES string of the molecule is C=CC(=O)Oc1ccc(C)c(OCC)c1. The van der Waals surface area contributed by atoms with E-state index < -0.39 is 5.97 Å². The van der Waals surface area contributed by atoms with E-state index in [2.05, 4.69) is 6.58 Å². The molecule has 80 valence electrons. The molecule has 0 radical (unpaired) electrons. The summed E-state index contributed by atoms with van der Waals surface area (Å²) in [5.41, 5.74) is 1.01. The molecule has 0 fully saturated rings. The molecule has 1 rings (SSSR count). The summed E-state index contributed by atoms with van der Waals surface area (Å²) in [5.74, 6) is 0.724. The number of benzene rings is 1. The van der Waals surface area contributed by atoms with Gasteiger partial charge in [-0.05, 0) is 25.5 Å². The number of hydrogen-bond acceptors (Lipinski definition) is 3. The van der Waals surface area contributed by atoms with E-state index in [1.807, 2.05) is 19.9 Å². The van der Waals surface area contributed by atoms with Crippen LogP contribution < -0.4 is 9.47 Å². The molecule has 0 amide bonds. The van der Waals surface area contributed by atoms with Crippen molar-refractivity contribution in [2.75, 3.05) is 6.61 Å². The Morgan fingerprint density at radius 2 is 2.27 bits per heavy atom. The van der Waals surface area contributed by atoms with Crippen LogP contribution in [0.15, 0.2) is 30.9 Å². The smallest absolute Gasteiger partial charge is 0.335 e. The first-order valence-electron chi connectivity index (χ1n) is 4.75. The number of ether oxygens (including phenoxy) is 2. The minimum absolute atomic E-state index is 0.467. The van der Waals surface area contributed by atoms with Crippen LogP contribution in [0.25, 0.3) is 0 Å². The Hall–Kier alpha value is -1.77. The maximum Gasteiger partial charge on any atom is 0.335 e. The van der Waals surface area contributed by atoms with Crippen LogP contribution in [0, 0.1) is 6.92 Å². The van der Waals surface area contributed by atoms with E-state index in [0.717, 1.165) is 17.4 Å². The summed E-state index contributed by atoms with van der Waals surface area (Å²) >= 11 is 0. The van der Waals surface area contributed by atoms with Crippen LogP contribution in [0.5, 0.6) is 11.5 Å². The first-order valence-corrected chi connectivity index (χ1v) is 4.75. The van der Waals surface area contributed by atoms with E-state index in [-0.39, 0.29) is 0 Å². The Balaban J connectivity index is 2.86. The van der Waals surface area contributed by atoms with Gasteiger partial charge < -0.3 is 9.47 Å². The number of hydrogen-bond donors (Lipinski definition) is 0. The van der Waals surface area contributed by atoms with Gasteiger partial charge in [-0.1, -0.05) is 12.6 Å². The fraction of sp³-hybridized carbons (Fsp3) is 0.250. The molecule has 0 unspecified atom stereocenters. The fourth-order valence-corrected chi connectivity index (χ4v) is 1.11. The fourth-order valence-electron chi connectivity index (χ4n) is 1.11. The zero-order chi connectivity index (χ0) is 11.3. The van der Waals surface area contributed by atoms with Crippen LogP contribution in [-0.2, 0) is 4.79 Å². The van der Waals surface area contributed by atoms with Gasteiger partial charge in [-0.25, -0.2) is 4.79 Å². The van der Waals surface area contributed by atoms with Crippen molar-refractivity contribution in [3.8, 4) is 11.5 Å². The van der Waals surface area contributed by atoms with Gasteiger partial charge in [0.25, 0.3) is 0 Å². The molecule has 0 bridgehead atoms. The molecule has 0 N–H and O–H groups in total. The molecule has 0 spiro atoms. The summed E-state index contributed by atoms with van der Waals surface area (Å²) in [5, 5.41) is 0. The second-order valence-corrected chi connectivity index (χ2v) is 2.99. The summed E-state index contributed by atoms with van der Waals surface area (Å²) in [6.45, 7) is 7.75. The highest BCUT2D eigenvalue weighted by Crippen LogP contribution is 2.24. The average Bonchev–Trinajstić information content (AvgIpc) is 2.23. The molecular formula is C12H14O3. The second kappa shape index (κ2) is 5.20. The van der Waals surface area contributed by atoms with Crippen LogP contribution in [0.3, 0.4) is 0 Å². The van der Waals surface area contributed by atoms with Gasteiger partial charge in [0.05, 0.1) is 6.61 Å². The number of carbonyl (C=O) groups excluding carboxylic acids is 1. The largest absolute Gasteiger partial charge is 0.493 e. The summed E-state index contributed by atoms with van der Waals surface area (Å²) in [7, 11) is 0. The summed E-state index contributed by atoms with van der Waals surface area (Å²) in [4.78, 5) is 11.0. The van der Waals surface area contributed by atoms with Crippen molar-refractivity contribution in [1.82, 2.24) is 0 Å². The molecular weight excluding hydrogens is 192 g/mol. The van der Waals surface area contributed by atoms with Crippen LogP contribution in [0.2, 0.25) is 0 Å². The molecule has 1 aromatic carbocycles. The molecule has 0 atom stereocenters. The maximum atomic E-state index is 11.0. The predicted octanol–water partition coefficient (Wildman–Crippen LogP) is 2.49. The van der Waals surface area contributed by atoms with Crippen molar-refractivity contribution >= 4 is 5.97 Å². The van der Waals surface area contributed by atoms with Crippen molar-refractivity contribution in [3.63, 3.8) is 0 Å². The number of aryl methyl sites for hydroxylation is 1. The Labute approximate surface area is 89.3 Å². The third kappa shape index (κ3) is 3.13. The molecule has 1 aromatic rings. The lowest BCUT2D eigenvalue weighted by Gasteiger charge is -2.08. The number of rotatable bonds is 4. The first-order chi connectivity index (χ1) is 7.17. The Kier molecular flexibility index (Phi) is 3.92. The van der Waals surface area contributed by atoms with Crippen LogP contribution in [0.1, 0.15) is 12.5 Å². The zero-order valence-electron chi connectivity index (χ0n) is 8.95. The Morgan fingerprint density at radius 3 is 2.87 bits per heavy atom. The maximum absolute atomic E-state index is 11.0. The van der Waals surface area contributed by atoms with Gasteiger partial charge in [0.2, 0.25) is 0 Å². The molecule has 0 aliphatic rings. The highest BCUT2D eigenvalue weighted by molar-refractivity contribution is 5.83. The predicted molar refractivity (Wildman–Crippen MR) is 58.2 cm³/mol. The Morgan fingerprint density at radius 1 is 1.53 bits per heavy atom. The van der Waals surface area contributed by atoms with E-state index in [1.54, 1.807) is 12.1 Å². The van der Waals surface area contributed by atoms with E-state index in [4.69, 9.17) is 9.47 Å². The standard InChI is InChI=1S/C12H14O3/c1-4-12(13)15-10-7-6-9(3)11(8-10)14-5-2/h4,6-8H,1,5H2,2-3H3. The quantitative estimate of drug-likeness (QED) is 0.431. The lowest BCUT2D eigenvalue weighted by Crippen LogP contribution is -2.03. The highest BCUT2D eigenvalue weighted by atomic mass is 16.5. The van der Waals surface area contributed by atoms with E-state index in [0.29, 0.717) is 12.4 Å². The molecule has 0 heterocycles. The van der Waals surface area contributed by atoms with Gasteiger partial charge in [-0.3, -0.25) is 0 Å². The van der Waals surface area contributed by atoms with Crippen molar-refractivity contribution in [3.05, 3.63) is 36.4 Å². The summed E-state index contributed by atoms with van der Waals surface area (Å²) in [6.07, 6.45) is 1.13. The van der Waals surface area contributed by atoms with Crippen molar-refractivity contribution in [1.29, 1.82) is 0 Å². The molecule has 0 saturated carbocycles. The van der Waals surface area contributed by atoms with E-state index in [9.17, 15) is 4.79 Å². The average molecular weight is 206 g/mol. The molecule has 0 aliphatic heterocycles. The molecule has 15 heavy (non-hydrogen) atoms. The van der Waals surface area contributed by atoms with Gasteiger partial charge >= 0.3 is 5.97 Å². The number of carbonyl (C=O) groups is 1. The third-order valence-corrected chi connectivity index (χ3v) is 1.84. The van der Waals surface area contributed by atoms with Gasteiger partial charge in [-0.15, -0.1) is 0 Å². The minimum Gasteiger partial charge on any atom is -0.493 e. The topological polar surface area (TPSA) is 35.5 Å². The van der Waals surface area contributed by atoms with Crippen molar-refractivity contribution in [2.24, 2.45) is 0 Å². The second-order valence-electron chi connectivity index (χ2n) is 2.99. The summed E-state index contributed by atoms with van der Waals surface area (Å²) in [6, 6.07) is 5.26. The van der Waals surface area contributed by atoms with Gasteiger partial charge in [0.15, 0.2) is 0 Å². The minimum atomic E-state index is -0.471. The van der Waals surface area contributed by atoms with E-state index in [1.165, 1.54) is 0 Å². The third-order valence-electron chi connectivity index (χ3n) is 1.84. The van der Waals surface area contributed by atoms with Gasteiger partial charge in [0, 0.05) is 12.1 Å². The first kappa shape index (κ1) is 11.3. The van der Waals surface area contributed by atoms with Crippen LogP contribution in [0.4, 0.5) is 0 Å². The van der Waals surface area contributed by atoms with Gasteiger partial charge in [0.1, 0.15) is 11.5 Å². The van der Waals surface area contributed by atoms with Crippen molar-refractivity contribution < 1.29 is 14.3 Å². The van der Waals surface area contributed by atoms with Crippen LogP contribution in [-0.4, -0.2) is 12.6 Å². The lowest BCUT2D eigenvalue weighted by molar-refractivity contribution is -0.128. The summed E-state index contributed by atoms with van der Waals surface area (Å²) < 4.78 is 10.3.